The number of amidine groups is 1. The Balaban J connectivity index is 1.54. The smallest absolute Gasteiger partial charge is 0.343 e. The molecule has 0 aliphatic carbocycles. The number of para-hydroxylation sites is 1. The summed E-state index contributed by atoms with van der Waals surface area (Å²) in [5.74, 6) is 0.497. The number of nitrogens with zero attached hydrogens (tertiary/aromatic N) is 1. The molecule has 1 aliphatic heterocycles. The third-order valence-corrected chi connectivity index (χ3v) is 5.56. The Bertz CT molecular complexity index is 1240. The number of carbonyl (C=O) groups is 2. The highest BCUT2D eigenvalue weighted by Crippen LogP contribution is 2.32. The fourth-order valence-electron chi connectivity index (χ4n) is 3.00. The van der Waals surface area contributed by atoms with Crippen LogP contribution in [0, 0.1) is 0 Å². The van der Waals surface area contributed by atoms with Gasteiger partial charge < -0.3 is 19.5 Å². The van der Waals surface area contributed by atoms with Crippen molar-refractivity contribution in [3.05, 3.63) is 88.8 Å². The molecule has 0 unspecified atom stereocenters. The van der Waals surface area contributed by atoms with Crippen molar-refractivity contribution in [1.29, 1.82) is 0 Å². The second kappa shape index (κ2) is 10.1. The molecule has 7 nitrogen and oxygen atoms in total. The van der Waals surface area contributed by atoms with E-state index in [4.69, 9.17) is 14.2 Å². The van der Waals surface area contributed by atoms with E-state index in [9.17, 15) is 9.59 Å². The maximum atomic E-state index is 12.6. The lowest BCUT2D eigenvalue weighted by molar-refractivity contribution is -0.115. The van der Waals surface area contributed by atoms with Crippen molar-refractivity contribution in [3.8, 4) is 17.2 Å². The van der Waals surface area contributed by atoms with Crippen LogP contribution in [0.15, 0.2) is 82.7 Å². The van der Waals surface area contributed by atoms with Crippen molar-refractivity contribution in [2.24, 2.45) is 4.99 Å². The highest BCUT2D eigenvalue weighted by molar-refractivity contribution is 8.18. The first-order chi connectivity index (χ1) is 16.1. The van der Waals surface area contributed by atoms with Crippen LogP contribution in [-0.2, 0) is 4.79 Å². The maximum absolute atomic E-state index is 12.6. The maximum Gasteiger partial charge on any atom is 0.343 e. The Hall–Kier alpha value is -4.04. The number of esters is 1. The Morgan fingerprint density at radius 1 is 0.939 bits per heavy atom. The first-order valence-corrected chi connectivity index (χ1v) is 10.8. The van der Waals surface area contributed by atoms with Crippen LogP contribution in [0.1, 0.15) is 15.9 Å². The van der Waals surface area contributed by atoms with Gasteiger partial charge in [-0.3, -0.25) is 4.79 Å². The van der Waals surface area contributed by atoms with Crippen LogP contribution in [0.5, 0.6) is 17.2 Å². The molecule has 33 heavy (non-hydrogen) atoms. The highest BCUT2D eigenvalue weighted by Gasteiger charge is 2.24. The van der Waals surface area contributed by atoms with E-state index in [0.717, 1.165) is 5.69 Å². The minimum absolute atomic E-state index is 0.245. The molecule has 166 valence electrons. The van der Waals surface area contributed by atoms with Gasteiger partial charge in [-0.1, -0.05) is 24.3 Å². The number of benzene rings is 3. The van der Waals surface area contributed by atoms with Crippen LogP contribution in [0.3, 0.4) is 0 Å². The normalized spacial score (nSPS) is 15.4. The summed E-state index contributed by atoms with van der Waals surface area (Å²) in [6, 6.07) is 21.1. The van der Waals surface area contributed by atoms with Crippen LogP contribution >= 0.6 is 11.8 Å². The van der Waals surface area contributed by atoms with E-state index < -0.39 is 5.97 Å². The number of aliphatic imine (C=N–C) groups is 1. The summed E-state index contributed by atoms with van der Waals surface area (Å²) < 4.78 is 16.0. The molecule has 1 heterocycles. The van der Waals surface area contributed by atoms with E-state index in [1.807, 2.05) is 30.3 Å². The predicted octanol–water partition coefficient (Wildman–Crippen LogP) is 4.81. The highest BCUT2D eigenvalue weighted by atomic mass is 32.2. The van der Waals surface area contributed by atoms with Gasteiger partial charge in [0.15, 0.2) is 16.7 Å². The van der Waals surface area contributed by atoms with Crippen LogP contribution in [0.2, 0.25) is 0 Å². The molecular formula is C25H20N2O5S. The number of rotatable bonds is 6. The van der Waals surface area contributed by atoms with Crippen molar-refractivity contribution in [2.75, 3.05) is 14.2 Å². The number of carbonyl (C=O) groups excluding carboxylic acids is 2. The molecule has 1 saturated heterocycles. The van der Waals surface area contributed by atoms with Gasteiger partial charge in [0.05, 0.1) is 30.4 Å². The molecule has 1 N–H and O–H groups in total. The SMILES string of the molecule is COc1ccc(C(=O)Oc2cc(/C=C3\SC(=Nc4ccccc4)NC3=O)ccc2OC)cc1. The monoisotopic (exact) mass is 460 g/mol. The van der Waals surface area contributed by atoms with Crippen LogP contribution in [0.4, 0.5) is 5.69 Å². The molecular weight excluding hydrogens is 440 g/mol. The lowest BCUT2D eigenvalue weighted by Gasteiger charge is -2.10. The number of ether oxygens (including phenoxy) is 3. The average Bonchev–Trinajstić information content (AvgIpc) is 3.18. The molecule has 0 atom stereocenters. The largest absolute Gasteiger partial charge is 0.497 e. The third kappa shape index (κ3) is 5.42. The van der Waals surface area contributed by atoms with E-state index in [1.165, 1.54) is 18.9 Å². The van der Waals surface area contributed by atoms with Crippen LogP contribution in [-0.4, -0.2) is 31.3 Å². The van der Waals surface area contributed by atoms with Crippen molar-refractivity contribution >= 4 is 40.6 Å². The molecule has 8 heteroatoms. The molecule has 1 aliphatic rings. The van der Waals surface area contributed by atoms with E-state index >= 15 is 0 Å². The number of amides is 1. The zero-order valence-corrected chi connectivity index (χ0v) is 18.7. The van der Waals surface area contributed by atoms with Crippen molar-refractivity contribution < 1.29 is 23.8 Å². The molecule has 4 rings (SSSR count). The van der Waals surface area contributed by atoms with Gasteiger partial charge in [-0.05, 0) is 71.9 Å². The molecule has 3 aromatic rings. The Kier molecular flexibility index (Phi) is 6.75. The number of hydrogen-bond donors (Lipinski definition) is 1. The van der Waals surface area contributed by atoms with E-state index in [0.29, 0.717) is 32.7 Å². The van der Waals surface area contributed by atoms with E-state index in [-0.39, 0.29) is 11.7 Å². The van der Waals surface area contributed by atoms with Gasteiger partial charge >= 0.3 is 5.97 Å². The van der Waals surface area contributed by atoms with Crippen LogP contribution in [0.25, 0.3) is 6.08 Å². The van der Waals surface area contributed by atoms with Gasteiger partial charge in [-0.2, -0.15) is 0 Å². The molecule has 0 bridgehead atoms. The van der Waals surface area contributed by atoms with E-state index in [1.54, 1.807) is 55.7 Å². The summed E-state index contributed by atoms with van der Waals surface area (Å²) in [6.45, 7) is 0. The summed E-state index contributed by atoms with van der Waals surface area (Å²) in [5, 5.41) is 3.26. The van der Waals surface area contributed by atoms with Gasteiger partial charge in [0.2, 0.25) is 0 Å². The van der Waals surface area contributed by atoms with Crippen molar-refractivity contribution in [1.82, 2.24) is 5.32 Å². The molecule has 0 spiro atoms. The average molecular weight is 461 g/mol. The third-order valence-electron chi connectivity index (χ3n) is 4.65. The first-order valence-electron chi connectivity index (χ1n) is 9.94. The summed E-state index contributed by atoms with van der Waals surface area (Å²) in [5.41, 5.74) is 1.79. The van der Waals surface area contributed by atoms with Gasteiger partial charge in [0, 0.05) is 0 Å². The molecule has 3 aromatic carbocycles. The van der Waals surface area contributed by atoms with Crippen molar-refractivity contribution in [3.63, 3.8) is 0 Å². The molecule has 1 amide bonds. The zero-order chi connectivity index (χ0) is 23.2. The zero-order valence-electron chi connectivity index (χ0n) is 17.9. The minimum atomic E-state index is -0.536. The second-order valence-corrected chi connectivity index (χ2v) is 7.88. The number of nitrogens with one attached hydrogen (secondary N) is 1. The minimum Gasteiger partial charge on any atom is -0.497 e. The van der Waals surface area contributed by atoms with Gasteiger partial charge in [0.1, 0.15) is 5.75 Å². The first kappa shape index (κ1) is 22.2. The summed E-state index contributed by atoms with van der Waals surface area (Å²) in [7, 11) is 3.04. The quantitative estimate of drug-likeness (QED) is 0.323. The fraction of sp³-hybridized carbons (Fsp3) is 0.0800. The Labute approximate surface area is 195 Å². The molecule has 0 aromatic heterocycles. The lowest BCUT2D eigenvalue weighted by atomic mass is 10.1. The number of thioether (sulfide) groups is 1. The van der Waals surface area contributed by atoms with Gasteiger partial charge in [-0.25, -0.2) is 9.79 Å². The molecule has 0 radical (unpaired) electrons. The van der Waals surface area contributed by atoms with E-state index in [2.05, 4.69) is 10.3 Å². The topological polar surface area (TPSA) is 86.2 Å². The molecule has 0 saturated carbocycles. The lowest BCUT2D eigenvalue weighted by Crippen LogP contribution is -2.19. The van der Waals surface area contributed by atoms with Gasteiger partial charge in [0.25, 0.3) is 5.91 Å². The van der Waals surface area contributed by atoms with Gasteiger partial charge in [-0.15, -0.1) is 0 Å². The molecule has 1 fully saturated rings. The Morgan fingerprint density at radius 2 is 1.70 bits per heavy atom. The van der Waals surface area contributed by atoms with Crippen LogP contribution < -0.4 is 19.5 Å². The number of methoxy groups -OCH3 is 2. The number of hydrogen-bond acceptors (Lipinski definition) is 7. The predicted molar refractivity (Wildman–Crippen MR) is 128 cm³/mol. The second-order valence-electron chi connectivity index (χ2n) is 6.85. The summed E-state index contributed by atoms with van der Waals surface area (Å²) in [4.78, 5) is 29.9. The Morgan fingerprint density at radius 3 is 2.39 bits per heavy atom. The summed E-state index contributed by atoms with van der Waals surface area (Å²) >= 11 is 1.24. The van der Waals surface area contributed by atoms with Crippen molar-refractivity contribution in [2.45, 2.75) is 0 Å². The summed E-state index contributed by atoms with van der Waals surface area (Å²) in [6.07, 6.45) is 1.71. The standard InChI is InChI=1S/C25H20N2O5S/c1-30-19-11-9-17(10-12-19)24(29)32-21-14-16(8-13-20(21)31-2)15-22-23(28)27-25(33-22)26-18-6-4-3-5-7-18/h3-15H,1-2H3,(H,26,27,28)/b22-15-. The fourth-order valence-corrected chi connectivity index (χ4v) is 3.84.